The predicted molar refractivity (Wildman–Crippen MR) is 53.2 cm³/mol. The Morgan fingerprint density at radius 3 is 2.50 bits per heavy atom. The van der Waals surface area contributed by atoms with E-state index in [4.69, 9.17) is 9.05 Å². The van der Waals surface area contributed by atoms with Crippen LogP contribution in [-0.4, -0.2) is 23.4 Å². The Labute approximate surface area is 83.3 Å². The Kier molecular flexibility index (Phi) is 4.32. The second-order valence-corrected chi connectivity index (χ2v) is 4.74. The number of hydrogen-bond acceptors (Lipinski definition) is 4. The minimum atomic E-state index is -2.98. The highest BCUT2D eigenvalue weighted by Gasteiger charge is 2.24. The molecule has 0 saturated carbocycles. The molecule has 0 aliphatic carbocycles. The molecule has 0 amide bonds. The van der Waals surface area contributed by atoms with Crippen molar-refractivity contribution in [1.82, 2.24) is 10.2 Å². The molecule has 0 aromatic carbocycles. The highest BCUT2D eigenvalue weighted by molar-refractivity contribution is 7.53. The summed E-state index contributed by atoms with van der Waals surface area (Å²) in [5.41, 5.74) is 0.759. The number of rotatable bonds is 6. The van der Waals surface area contributed by atoms with Gasteiger partial charge in [0.25, 0.3) is 0 Å². The Balaban J connectivity index is 2.64. The number of aromatic nitrogens is 2. The second kappa shape index (κ2) is 5.29. The molecule has 0 fully saturated rings. The van der Waals surface area contributed by atoms with Crippen molar-refractivity contribution in [3.05, 3.63) is 18.0 Å². The number of H-pyrrole nitrogens is 1. The monoisotopic (exact) mass is 218 g/mol. The van der Waals surface area contributed by atoms with Gasteiger partial charge in [-0.25, -0.2) is 0 Å². The normalized spacial score (nSPS) is 11.9. The molecule has 0 radical (unpaired) electrons. The van der Waals surface area contributed by atoms with E-state index in [0.29, 0.717) is 13.2 Å². The van der Waals surface area contributed by atoms with Crippen molar-refractivity contribution < 1.29 is 13.6 Å². The van der Waals surface area contributed by atoms with Crippen LogP contribution in [-0.2, 0) is 19.8 Å². The zero-order valence-electron chi connectivity index (χ0n) is 8.40. The number of aromatic amines is 1. The highest BCUT2D eigenvalue weighted by Crippen LogP contribution is 2.50. The summed E-state index contributed by atoms with van der Waals surface area (Å²) in [4.78, 5) is 0. The van der Waals surface area contributed by atoms with Crippen LogP contribution in [0.5, 0.6) is 0 Å². The quantitative estimate of drug-likeness (QED) is 0.743. The summed E-state index contributed by atoms with van der Waals surface area (Å²) < 4.78 is 22.2. The van der Waals surface area contributed by atoms with Crippen LogP contribution < -0.4 is 0 Å². The topological polar surface area (TPSA) is 64.2 Å². The maximum absolute atomic E-state index is 12.0. The van der Waals surface area contributed by atoms with Gasteiger partial charge < -0.3 is 9.05 Å². The molecule has 0 unspecified atom stereocenters. The third kappa shape index (κ3) is 3.25. The first-order valence-electron chi connectivity index (χ1n) is 4.56. The van der Waals surface area contributed by atoms with Crippen LogP contribution in [0.2, 0.25) is 0 Å². The summed E-state index contributed by atoms with van der Waals surface area (Å²) in [6.45, 7) is 4.34. The maximum Gasteiger partial charge on any atom is 0.336 e. The van der Waals surface area contributed by atoms with Gasteiger partial charge >= 0.3 is 7.60 Å². The van der Waals surface area contributed by atoms with Crippen LogP contribution in [0.1, 0.15) is 19.5 Å². The van der Waals surface area contributed by atoms with Gasteiger partial charge in [-0.1, -0.05) is 0 Å². The lowest BCUT2D eigenvalue weighted by Crippen LogP contribution is -1.99. The molecule has 1 N–H and O–H groups in total. The summed E-state index contributed by atoms with van der Waals surface area (Å²) in [5.74, 6) is 0. The number of nitrogens with zero attached hydrogens (tertiary/aromatic N) is 1. The molecule has 0 aliphatic heterocycles. The van der Waals surface area contributed by atoms with E-state index in [1.165, 1.54) is 0 Å². The van der Waals surface area contributed by atoms with Gasteiger partial charge in [0, 0.05) is 11.9 Å². The van der Waals surface area contributed by atoms with Crippen LogP contribution in [0.3, 0.4) is 0 Å². The molecule has 0 atom stereocenters. The van der Waals surface area contributed by atoms with E-state index in [1.54, 1.807) is 26.1 Å². The van der Waals surface area contributed by atoms with Gasteiger partial charge in [0.15, 0.2) is 0 Å². The van der Waals surface area contributed by atoms with Gasteiger partial charge in [0.2, 0.25) is 0 Å². The molecule has 1 aromatic rings. The fourth-order valence-corrected chi connectivity index (χ4v) is 2.74. The Morgan fingerprint density at radius 1 is 1.43 bits per heavy atom. The third-order valence-corrected chi connectivity index (χ3v) is 3.61. The van der Waals surface area contributed by atoms with Crippen molar-refractivity contribution in [2.45, 2.75) is 20.0 Å². The number of nitrogens with one attached hydrogen (secondary N) is 1. The Bertz CT molecular complexity index is 290. The lowest BCUT2D eigenvalue weighted by Gasteiger charge is -2.15. The lowest BCUT2D eigenvalue weighted by atomic mass is 10.5. The molecule has 6 heteroatoms. The van der Waals surface area contributed by atoms with Crippen molar-refractivity contribution in [3.8, 4) is 0 Å². The molecule has 0 bridgehead atoms. The van der Waals surface area contributed by atoms with E-state index in [-0.39, 0.29) is 6.16 Å². The van der Waals surface area contributed by atoms with Crippen molar-refractivity contribution in [2.24, 2.45) is 0 Å². The van der Waals surface area contributed by atoms with Crippen LogP contribution in [0.25, 0.3) is 0 Å². The SMILES string of the molecule is CCOP(=O)(Cc1ccn[nH]1)OCC. The summed E-state index contributed by atoms with van der Waals surface area (Å²) in [5, 5.41) is 6.50. The molecule has 80 valence electrons. The fraction of sp³-hybridized carbons (Fsp3) is 0.625. The largest absolute Gasteiger partial charge is 0.336 e. The van der Waals surface area contributed by atoms with Crippen LogP contribution in [0.15, 0.2) is 12.3 Å². The summed E-state index contributed by atoms with van der Waals surface area (Å²) in [7, 11) is -2.98. The van der Waals surface area contributed by atoms with Gasteiger partial charge in [-0.2, -0.15) is 5.10 Å². The Morgan fingerprint density at radius 2 is 2.07 bits per heavy atom. The zero-order chi connectivity index (χ0) is 10.4. The van der Waals surface area contributed by atoms with E-state index < -0.39 is 7.60 Å². The van der Waals surface area contributed by atoms with Gasteiger partial charge in [0.1, 0.15) is 0 Å². The summed E-state index contributed by atoms with van der Waals surface area (Å²) in [6, 6.07) is 1.75. The molecule has 1 aromatic heterocycles. The summed E-state index contributed by atoms with van der Waals surface area (Å²) in [6.07, 6.45) is 1.85. The van der Waals surface area contributed by atoms with Crippen molar-refractivity contribution in [2.75, 3.05) is 13.2 Å². The first-order valence-corrected chi connectivity index (χ1v) is 6.29. The summed E-state index contributed by atoms with van der Waals surface area (Å²) >= 11 is 0. The Hall–Kier alpha value is -0.640. The smallest absolute Gasteiger partial charge is 0.309 e. The van der Waals surface area contributed by atoms with Gasteiger partial charge in [-0.05, 0) is 19.9 Å². The fourth-order valence-electron chi connectivity index (χ4n) is 1.10. The highest BCUT2D eigenvalue weighted by atomic mass is 31.2. The average molecular weight is 218 g/mol. The van der Waals surface area contributed by atoms with E-state index in [9.17, 15) is 4.57 Å². The van der Waals surface area contributed by atoms with Crippen molar-refractivity contribution >= 4 is 7.60 Å². The molecule has 0 saturated heterocycles. The minimum absolute atomic E-state index is 0.245. The molecule has 0 aliphatic rings. The van der Waals surface area contributed by atoms with E-state index in [0.717, 1.165) is 5.69 Å². The second-order valence-electron chi connectivity index (χ2n) is 2.69. The first kappa shape index (κ1) is 11.4. The number of hydrogen-bond donors (Lipinski definition) is 1. The predicted octanol–water partition coefficient (Wildman–Crippen LogP) is 2.18. The van der Waals surface area contributed by atoms with E-state index in [1.807, 2.05) is 0 Å². The first-order chi connectivity index (χ1) is 6.70. The van der Waals surface area contributed by atoms with Gasteiger partial charge in [0.05, 0.1) is 19.4 Å². The molecule has 0 spiro atoms. The lowest BCUT2D eigenvalue weighted by molar-refractivity contribution is 0.219. The molecule has 5 nitrogen and oxygen atoms in total. The standard InChI is InChI=1S/C8H15N2O3P/c1-3-12-14(11,13-4-2)7-8-5-6-9-10-8/h5-6H,3-4,7H2,1-2H3,(H,9,10). The minimum Gasteiger partial charge on any atom is -0.309 e. The van der Waals surface area contributed by atoms with Crippen molar-refractivity contribution in [1.29, 1.82) is 0 Å². The zero-order valence-corrected chi connectivity index (χ0v) is 9.29. The van der Waals surface area contributed by atoms with Gasteiger partial charge in [-0.15, -0.1) is 0 Å². The molecular formula is C8H15N2O3P. The van der Waals surface area contributed by atoms with Crippen molar-refractivity contribution in [3.63, 3.8) is 0 Å². The molecule has 1 heterocycles. The molecule has 1 rings (SSSR count). The maximum atomic E-state index is 12.0. The molecule has 14 heavy (non-hydrogen) atoms. The van der Waals surface area contributed by atoms with E-state index >= 15 is 0 Å². The van der Waals surface area contributed by atoms with Crippen LogP contribution >= 0.6 is 7.60 Å². The van der Waals surface area contributed by atoms with Gasteiger partial charge in [-0.3, -0.25) is 9.66 Å². The van der Waals surface area contributed by atoms with Crippen LogP contribution in [0, 0.1) is 0 Å². The molecular weight excluding hydrogens is 203 g/mol. The van der Waals surface area contributed by atoms with E-state index in [2.05, 4.69) is 10.2 Å². The average Bonchev–Trinajstić information content (AvgIpc) is 2.57. The third-order valence-electron chi connectivity index (χ3n) is 1.57. The van der Waals surface area contributed by atoms with Crippen LogP contribution in [0.4, 0.5) is 0 Å².